The van der Waals surface area contributed by atoms with Crippen LogP contribution in [0, 0.1) is 12.7 Å². The van der Waals surface area contributed by atoms with E-state index in [-0.39, 0.29) is 5.69 Å². The predicted octanol–water partition coefficient (Wildman–Crippen LogP) is 3.12. The lowest BCUT2D eigenvalue weighted by atomic mass is 10.2. The van der Waals surface area contributed by atoms with Crippen molar-refractivity contribution >= 4 is 11.6 Å². The molecule has 5 heteroatoms. The van der Waals surface area contributed by atoms with Gasteiger partial charge in [0.25, 0.3) is 6.43 Å². The van der Waals surface area contributed by atoms with Gasteiger partial charge in [0.2, 0.25) is 0 Å². The van der Waals surface area contributed by atoms with Crippen LogP contribution in [0.25, 0.3) is 0 Å². The van der Waals surface area contributed by atoms with Crippen LogP contribution in [0.4, 0.5) is 13.2 Å². The molecule has 0 N–H and O–H groups in total. The Hall–Kier alpha value is -0.770. The Morgan fingerprint density at radius 2 is 2.08 bits per heavy atom. The zero-order valence-electron chi connectivity index (χ0n) is 6.11. The lowest BCUT2D eigenvalue weighted by molar-refractivity contribution is 0.149. The highest BCUT2D eigenvalue weighted by atomic mass is 35.5. The Balaban J connectivity index is 3.33. The van der Waals surface area contributed by atoms with E-state index in [1.54, 1.807) is 0 Å². The number of hydrogen-bond donors (Lipinski definition) is 0. The van der Waals surface area contributed by atoms with Gasteiger partial charge in [-0.2, -0.15) is 0 Å². The zero-order chi connectivity index (χ0) is 9.30. The quantitative estimate of drug-likeness (QED) is 0.671. The van der Waals surface area contributed by atoms with Crippen molar-refractivity contribution in [1.29, 1.82) is 0 Å². The number of halogens is 4. The van der Waals surface area contributed by atoms with Crippen LogP contribution < -0.4 is 0 Å². The molecule has 0 bridgehead atoms. The van der Waals surface area contributed by atoms with Gasteiger partial charge in [-0.1, -0.05) is 11.6 Å². The molecule has 0 fully saturated rings. The molecule has 12 heavy (non-hydrogen) atoms. The van der Waals surface area contributed by atoms with Crippen LogP contribution in [-0.4, -0.2) is 4.98 Å². The standard InChI is InChI=1S/C7H5ClF3N/c1-3-5(7(10)11)6(8)4(9)2-12-3/h2,7H,1H3. The lowest BCUT2D eigenvalue weighted by Gasteiger charge is -2.05. The molecule has 1 aromatic rings. The molecular weight excluding hydrogens is 191 g/mol. The van der Waals surface area contributed by atoms with Crippen LogP contribution in [0.15, 0.2) is 6.20 Å². The summed E-state index contributed by atoms with van der Waals surface area (Å²) in [6, 6.07) is 0. The molecule has 0 radical (unpaired) electrons. The minimum absolute atomic E-state index is 0.0522. The zero-order valence-corrected chi connectivity index (χ0v) is 6.87. The lowest BCUT2D eigenvalue weighted by Crippen LogP contribution is -1.96. The molecule has 0 unspecified atom stereocenters. The second-order valence-corrected chi connectivity index (χ2v) is 2.60. The van der Waals surface area contributed by atoms with Gasteiger partial charge in [0.05, 0.1) is 16.8 Å². The third-order valence-electron chi connectivity index (χ3n) is 1.43. The minimum atomic E-state index is -2.79. The number of pyridine rings is 1. The van der Waals surface area contributed by atoms with E-state index in [1.807, 2.05) is 0 Å². The van der Waals surface area contributed by atoms with E-state index >= 15 is 0 Å². The van der Waals surface area contributed by atoms with Crippen LogP contribution in [-0.2, 0) is 0 Å². The third kappa shape index (κ3) is 1.53. The maximum absolute atomic E-state index is 12.6. The summed E-state index contributed by atoms with van der Waals surface area (Å²) in [6.07, 6.45) is -1.97. The maximum Gasteiger partial charge on any atom is 0.267 e. The summed E-state index contributed by atoms with van der Waals surface area (Å²) < 4.78 is 36.9. The first kappa shape index (κ1) is 9.32. The third-order valence-corrected chi connectivity index (χ3v) is 1.81. The summed E-state index contributed by atoms with van der Waals surface area (Å²) in [5.74, 6) is -0.919. The highest BCUT2D eigenvalue weighted by Gasteiger charge is 2.18. The summed E-state index contributed by atoms with van der Waals surface area (Å²) in [5, 5.41) is -0.544. The average molecular weight is 196 g/mol. The van der Waals surface area contributed by atoms with Crippen LogP contribution in [0.5, 0.6) is 0 Å². The monoisotopic (exact) mass is 195 g/mol. The van der Waals surface area contributed by atoms with Crippen molar-refractivity contribution in [1.82, 2.24) is 4.98 Å². The molecule has 1 nitrogen and oxygen atoms in total. The molecule has 66 valence electrons. The van der Waals surface area contributed by atoms with E-state index in [2.05, 4.69) is 4.98 Å². The predicted molar refractivity (Wildman–Crippen MR) is 38.9 cm³/mol. The summed E-state index contributed by atoms with van der Waals surface area (Å²) in [7, 11) is 0. The smallest absolute Gasteiger partial charge is 0.258 e. The normalized spacial score (nSPS) is 10.8. The van der Waals surface area contributed by atoms with Crippen molar-refractivity contribution in [2.45, 2.75) is 13.3 Å². The molecule has 0 aliphatic heterocycles. The van der Waals surface area contributed by atoms with E-state index < -0.39 is 22.8 Å². The van der Waals surface area contributed by atoms with Gasteiger partial charge in [-0.25, -0.2) is 13.2 Å². The van der Waals surface area contributed by atoms with Crippen molar-refractivity contribution in [3.63, 3.8) is 0 Å². The van der Waals surface area contributed by atoms with E-state index in [0.717, 1.165) is 6.20 Å². The van der Waals surface area contributed by atoms with Crippen molar-refractivity contribution in [3.05, 3.63) is 28.3 Å². The van der Waals surface area contributed by atoms with Crippen LogP contribution in [0.2, 0.25) is 5.02 Å². The van der Waals surface area contributed by atoms with Gasteiger partial charge in [0.1, 0.15) is 0 Å². The van der Waals surface area contributed by atoms with Gasteiger partial charge in [-0.15, -0.1) is 0 Å². The summed E-state index contributed by atoms with van der Waals surface area (Å²) in [5.41, 5.74) is -0.479. The maximum atomic E-state index is 12.6. The molecule has 1 heterocycles. The molecule has 0 spiro atoms. The van der Waals surface area contributed by atoms with Crippen LogP contribution >= 0.6 is 11.6 Å². The minimum Gasteiger partial charge on any atom is -0.258 e. The fourth-order valence-electron chi connectivity index (χ4n) is 0.821. The van der Waals surface area contributed by atoms with Gasteiger partial charge in [0, 0.05) is 5.69 Å². The number of hydrogen-bond acceptors (Lipinski definition) is 1. The molecule has 0 aromatic carbocycles. The van der Waals surface area contributed by atoms with Gasteiger partial charge in [0.15, 0.2) is 5.82 Å². The van der Waals surface area contributed by atoms with Crippen molar-refractivity contribution in [2.24, 2.45) is 0 Å². The number of nitrogens with zero attached hydrogens (tertiary/aromatic N) is 1. The summed E-state index contributed by atoms with van der Waals surface area (Å²) in [4.78, 5) is 3.42. The fourth-order valence-corrected chi connectivity index (χ4v) is 1.09. The average Bonchev–Trinajstić information content (AvgIpc) is 1.97. The van der Waals surface area contributed by atoms with Gasteiger partial charge in [-0.3, -0.25) is 4.98 Å². The largest absolute Gasteiger partial charge is 0.267 e. The molecule has 0 atom stereocenters. The van der Waals surface area contributed by atoms with Crippen molar-refractivity contribution in [2.75, 3.05) is 0 Å². The van der Waals surface area contributed by atoms with E-state index in [0.29, 0.717) is 0 Å². The molecule has 0 aliphatic carbocycles. The Morgan fingerprint density at radius 1 is 1.50 bits per heavy atom. The highest BCUT2D eigenvalue weighted by Crippen LogP contribution is 2.30. The second kappa shape index (κ2) is 3.31. The summed E-state index contributed by atoms with van der Waals surface area (Å²) in [6.45, 7) is 1.35. The molecule has 0 saturated heterocycles. The molecule has 0 saturated carbocycles. The molecular formula is C7H5ClF3N. The molecule has 1 rings (SSSR count). The Labute approximate surface area is 72.2 Å². The van der Waals surface area contributed by atoms with E-state index in [1.165, 1.54) is 6.92 Å². The highest BCUT2D eigenvalue weighted by molar-refractivity contribution is 6.31. The number of aromatic nitrogens is 1. The Bertz CT molecular complexity index is 301. The first-order chi connectivity index (χ1) is 5.54. The van der Waals surface area contributed by atoms with E-state index in [9.17, 15) is 13.2 Å². The number of rotatable bonds is 1. The Kier molecular flexibility index (Phi) is 2.57. The summed E-state index contributed by atoms with van der Waals surface area (Å²) >= 11 is 5.30. The topological polar surface area (TPSA) is 12.9 Å². The SMILES string of the molecule is Cc1ncc(F)c(Cl)c1C(F)F. The Morgan fingerprint density at radius 3 is 2.50 bits per heavy atom. The molecule has 1 aromatic heterocycles. The van der Waals surface area contributed by atoms with Crippen LogP contribution in [0.3, 0.4) is 0 Å². The first-order valence-corrected chi connectivity index (χ1v) is 3.50. The van der Waals surface area contributed by atoms with Crippen molar-refractivity contribution < 1.29 is 13.2 Å². The van der Waals surface area contributed by atoms with E-state index in [4.69, 9.17) is 11.6 Å². The molecule has 0 amide bonds. The van der Waals surface area contributed by atoms with Gasteiger partial charge in [-0.05, 0) is 6.92 Å². The van der Waals surface area contributed by atoms with Gasteiger partial charge >= 0.3 is 0 Å². The van der Waals surface area contributed by atoms with Crippen molar-refractivity contribution in [3.8, 4) is 0 Å². The molecule has 0 aliphatic rings. The number of alkyl halides is 2. The second-order valence-electron chi connectivity index (χ2n) is 2.22. The first-order valence-electron chi connectivity index (χ1n) is 3.12. The number of aryl methyl sites for hydroxylation is 1. The fraction of sp³-hybridized carbons (Fsp3) is 0.286. The van der Waals surface area contributed by atoms with Gasteiger partial charge < -0.3 is 0 Å². The van der Waals surface area contributed by atoms with Crippen LogP contribution in [0.1, 0.15) is 17.7 Å².